The molecule has 0 aliphatic carbocycles. The average molecular weight is 657 g/mol. The zero-order valence-electron chi connectivity index (χ0n) is 28.9. The van der Waals surface area contributed by atoms with E-state index < -0.39 is 0 Å². The Morgan fingerprint density at radius 3 is 2.04 bits per heavy atom. The van der Waals surface area contributed by atoms with E-state index in [0.717, 1.165) is 27.7 Å². The number of anilines is 3. The number of ether oxygens (including phenoxy) is 1. The van der Waals surface area contributed by atoms with E-state index in [9.17, 15) is 4.79 Å². The number of nitriles is 1. The van der Waals surface area contributed by atoms with Crippen LogP contribution in [-0.2, 0) is 6.42 Å². The first-order valence-electron chi connectivity index (χ1n) is 16.0. The molecule has 0 fully saturated rings. The van der Waals surface area contributed by atoms with Crippen molar-refractivity contribution < 1.29 is 9.53 Å². The molecule has 0 radical (unpaired) electrons. The second kappa shape index (κ2) is 19.6. The van der Waals surface area contributed by atoms with Crippen LogP contribution in [0.2, 0.25) is 0 Å². The molecule has 2 amide bonds. The van der Waals surface area contributed by atoms with Crippen LogP contribution in [0.3, 0.4) is 0 Å². The van der Waals surface area contributed by atoms with Gasteiger partial charge in [0.15, 0.2) is 0 Å². The van der Waals surface area contributed by atoms with Gasteiger partial charge in [0.25, 0.3) is 0 Å². The molecule has 0 unspecified atom stereocenters. The number of nitrogens with zero attached hydrogens (tertiary/aromatic N) is 5. The summed E-state index contributed by atoms with van der Waals surface area (Å²) in [4.78, 5) is 28.7. The van der Waals surface area contributed by atoms with Crippen molar-refractivity contribution in [2.45, 2.75) is 54.1 Å². The third-order valence-corrected chi connectivity index (χ3v) is 6.63. The summed E-state index contributed by atoms with van der Waals surface area (Å²) in [5.41, 5.74) is 10.7. The summed E-state index contributed by atoms with van der Waals surface area (Å²) in [6, 6.07) is 28.2. The Bertz CT molecular complexity index is 1970. The van der Waals surface area contributed by atoms with Crippen LogP contribution in [0.25, 0.3) is 21.8 Å². The number of carbonyl (C=O) groups is 1. The first kappa shape index (κ1) is 37.4. The molecule has 4 N–H and O–H groups in total. The summed E-state index contributed by atoms with van der Waals surface area (Å²) in [6.45, 7) is 12.0. The average Bonchev–Trinajstić information content (AvgIpc) is 3.07. The summed E-state index contributed by atoms with van der Waals surface area (Å²) in [6.07, 6.45) is 8.08. The van der Waals surface area contributed by atoms with Crippen molar-refractivity contribution in [3.8, 4) is 11.8 Å². The van der Waals surface area contributed by atoms with E-state index in [4.69, 9.17) is 15.7 Å². The van der Waals surface area contributed by atoms with Gasteiger partial charge in [-0.05, 0) is 92.8 Å². The molecule has 0 atom stereocenters. The summed E-state index contributed by atoms with van der Waals surface area (Å²) < 4.78 is 5.69. The predicted molar refractivity (Wildman–Crippen MR) is 199 cm³/mol. The Hall–Kier alpha value is -6.08. The molecule has 0 aliphatic rings. The van der Waals surface area contributed by atoms with Crippen molar-refractivity contribution in [1.82, 2.24) is 19.9 Å². The summed E-state index contributed by atoms with van der Waals surface area (Å²) in [5.74, 6) is 2.40. The van der Waals surface area contributed by atoms with E-state index in [1.165, 1.54) is 24.5 Å². The van der Waals surface area contributed by atoms with E-state index in [1.54, 1.807) is 55.1 Å². The molecule has 0 spiro atoms. The highest BCUT2D eigenvalue weighted by Crippen LogP contribution is 2.25. The van der Waals surface area contributed by atoms with E-state index in [1.807, 2.05) is 50.2 Å². The Morgan fingerprint density at radius 2 is 1.41 bits per heavy atom. The van der Waals surface area contributed by atoms with Crippen LogP contribution < -0.4 is 21.1 Å². The fourth-order valence-corrected chi connectivity index (χ4v) is 4.49. The molecular weight excluding hydrogens is 612 g/mol. The highest BCUT2D eigenvalue weighted by Gasteiger charge is 2.10. The van der Waals surface area contributed by atoms with Gasteiger partial charge in [-0.25, -0.2) is 14.8 Å². The molecule has 0 aliphatic heterocycles. The number of pyridine rings is 4. The lowest BCUT2D eigenvalue weighted by atomic mass is 9.99. The zero-order chi connectivity index (χ0) is 35.6. The number of amides is 2. The maximum absolute atomic E-state index is 12.2. The summed E-state index contributed by atoms with van der Waals surface area (Å²) in [7, 11) is 0. The van der Waals surface area contributed by atoms with Crippen molar-refractivity contribution in [1.29, 1.82) is 5.26 Å². The van der Waals surface area contributed by atoms with Crippen molar-refractivity contribution in [3.63, 3.8) is 0 Å². The minimum Gasteiger partial charge on any atom is -0.489 e. The minimum atomic E-state index is -0.379. The van der Waals surface area contributed by atoms with Crippen LogP contribution in [0, 0.1) is 24.2 Å². The van der Waals surface area contributed by atoms with Gasteiger partial charge in [0.2, 0.25) is 0 Å². The molecule has 10 heteroatoms. The molecule has 6 rings (SSSR count). The van der Waals surface area contributed by atoms with Crippen LogP contribution in [0.1, 0.15) is 45.7 Å². The van der Waals surface area contributed by atoms with Crippen molar-refractivity contribution in [3.05, 3.63) is 121 Å². The molecule has 252 valence electrons. The molecule has 0 saturated heterocycles. The van der Waals surface area contributed by atoms with Crippen LogP contribution in [0.15, 0.2) is 110 Å². The van der Waals surface area contributed by atoms with Gasteiger partial charge in [-0.1, -0.05) is 50.2 Å². The van der Waals surface area contributed by atoms with Gasteiger partial charge in [-0.15, -0.1) is 0 Å². The van der Waals surface area contributed by atoms with Gasteiger partial charge in [-0.2, -0.15) is 5.26 Å². The summed E-state index contributed by atoms with van der Waals surface area (Å²) >= 11 is 0. The van der Waals surface area contributed by atoms with Gasteiger partial charge in [-0.3, -0.25) is 15.3 Å². The number of nitrogens with two attached hydrogens (primary N) is 1. The second-order valence-corrected chi connectivity index (χ2v) is 11.6. The second-order valence-electron chi connectivity index (χ2n) is 11.6. The molecule has 49 heavy (non-hydrogen) atoms. The van der Waals surface area contributed by atoms with E-state index in [-0.39, 0.29) is 12.1 Å². The van der Waals surface area contributed by atoms with Gasteiger partial charge >= 0.3 is 6.03 Å². The standard InChI is InChI=1S/C18H18N4O2.C11H16.C8H7N3.C2H3N/c1-12(2)24-16-6-4-3-5-15(16)21-18(23)22-17-8-7-13-11-19-10-9-14(13)20-17;1-9(2)8-11-7-5-4-6-10(11)3;9-8-2-1-6-5-10-4-3-7(6)11-8;1-2-3/h3-12H,1-2H3,(H2,20,21,22,23);4-7,9H,8H2,1-3H3;1-5H,(H2,9,11);1H3. The number of nitrogen functional groups attached to an aromatic ring is 1. The number of hydrogen-bond donors (Lipinski definition) is 3. The third-order valence-electron chi connectivity index (χ3n) is 6.63. The number of fused-ring (bicyclic) bond motifs is 2. The van der Waals surface area contributed by atoms with E-state index in [2.05, 4.69) is 75.6 Å². The Labute approximate surface area is 288 Å². The Kier molecular flexibility index (Phi) is 14.9. The highest BCUT2D eigenvalue weighted by molar-refractivity contribution is 6.00. The lowest BCUT2D eigenvalue weighted by Gasteiger charge is -2.15. The zero-order valence-corrected chi connectivity index (χ0v) is 28.9. The van der Waals surface area contributed by atoms with Gasteiger partial charge in [0.05, 0.1) is 28.9 Å². The first-order valence-corrected chi connectivity index (χ1v) is 16.0. The SMILES string of the molecule is CC#N.CC(C)Oc1ccccc1NC(=O)Nc1ccc2cnccc2n1.Cc1ccccc1CC(C)C.Nc1ccc2cnccc2n1. The molecule has 2 aromatic carbocycles. The smallest absolute Gasteiger partial charge is 0.324 e. The van der Waals surface area contributed by atoms with Crippen LogP contribution >= 0.6 is 0 Å². The third kappa shape index (κ3) is 12.9. The predicted octanol–water partition coefficient (Wildman–Crippen LogP) is 9.00. The maximum atomic E-state index is 12.2. The highest BCUT2D eigenvalue weighted by atomic mass is 16.5. The Balaban J connectivity index is 0.000000215. The topological polar surface area (TPSA) is 152 Å². The monoisotopic (exact) mass is 656 g/mol. The number of aryl methyl sites for hydroxylation is 1. The number of hydrogen-bond acceptors (Lipinski definition) is 8. The normalized spacial score (nSPS) is 10.0. The number of carbonyl (C=O) groups excluding carboxylic acids is 1. The number of para-hydroxylation sites is 2. The first-order chi connectivity index (χ1) is 23.6. The largest absolute Gasteiger partial charge is 0.489 e. The minimum absolute atomic E-state index is 0.0202. The Morgan fingerprint density at radius 1 is 0.816 bits per heavy atom. The lowest BCUT2D eigenvalue weighted by molar-refractivity contribution is 0.243. The van der Waals surface area contributed by atoms with Gasteiger partial charge in [0, 0.05) is 42.5 Å². The number of nitrogens with one attached hydrogen (secondary N) is 2. The lowest BCUT2D eigenvalue weighted by Crippen LogP contribution is -2.21. The van der Waals surface area contributed by atoms with Crippen LogP contribution in [0.5, 0.6) is 5.75 Å². The fraction of sp³-hybridized carbons (Fsp3) is 0.231. The van der Waals surface area contributed by atoms with Crippen LogP contribution in [0.4, 0.5) is 22.1 Å². The summed E-state index contributed by atoms with van der Waals surface area (Å²) in [5, 5.41) is 14.8. The van der Waals surface area contributed by atoms with E-state index >= 15 is 0 Å². The fourth-order valence-electron chi connectivity index (χ4n) is 4.49. The number of urea groups is 1. The molecule has 10 nitrogen and oxygen atoms in total. The number of rotatable bonds is 6. The molecule has 4 aromatic heterocycles. The van der Waals surface area contributed by atoms with Crippen molar-refractivity contribution in [2.24, 2.45) is 5.92 Å². The van der Waals surface area contributed by atoms with E-state index in [0.29, 0.717) is 23.1 Å². The molecule has 6 aromatic rings. The van der Waals surface area contributed by atoms with Gasteiger partial charge < -0.3 is 15.8 Å². The molecular formula is C39H44N8O2. The van der Waals surface area contributed by atoms with Crippen LogP contribution in [-0.4, -0.2) is 32.1 Å². The van der Waals surface area contributed by atoms with Crippen molar-refractivity contribution in [2.75, 3.05) is 16.4 Å². The number of benzene rings is 2. The maximum Gasteiger partial charge on any atom is 0.324 e. The molecule has 0 bridgehead atoms. The quantitative estimate of drug-likeness (QED) is 0.161. The molecule has 0 saturated carbocycles. The number of aromatic nitrogens is 4. The van der Waals surface area contributed by atoms with Crippen molar-refractivity contribution >= 4 is 45.2 Å². The van der Waals surface area contributed by atoms with Gasteiger partial charge in [0.1, 0.15) is 17.4 Å². The molecule has 4 heterocycles.